The van der Waals surface area contributed by atoms with Crippen molar-refractivity contribution in [2.24, 2.45) is 5.14 Å². The number of benzene rings is 1. The van der Waals surface area contributed by atoms with E-state index in [4.69, 9.17) is 9.56 Å². The molecule has 20 heavy (non-hydrogen) atoms. The SMILES string of the molecule is NS(=O)(=O)c1ccccc1S(=O)(=O)NCc1ccco1. The van der Waals surface area contributed by atoms with Gasteiger partial charge in [0.15, 0.2) is 0 Å². The van der Waals surface area contributed by atoms with Gasteiger partial charge in [-0.15, -0.1) is 0 Å². The molecule has 9 heteroatoms. The van der Waals surface area contributed by atoms with Gasteiger partial charge in [0.25, 0.3) is 0 Å². The molecule has 0 amide bonds. The molecule has 0 unspecified atom stereocenters. The van der Waals surface area contributed by atoms with E-state index in [0.717, 1.165) is 6.07 Å². The van der Waals surface area contributed by atoms with Crippen LogP contribution in [0.25, 0.3) is 0 Å². The molecule has 108 valence electrons. The molecule has 7 nitrogen and oxygen atoms in total. The lowest BCUT2D eigenvalue weighted by Gasteiger charge is -2.09. The summed E-state index contributed by atoms with van der Waals surface area (Å²) in [4.78, 5) is -0.846. The van der Waals surface area contributed by atoms with Crippen LogP contribution in [0.2, 0.25) is 0 Å². The molecule has 0 saturated heterocycles. The van der Waals surface area contributed by atoms with Crippen LogP contribution < -0.4 is 9.86 Å². The van der Waals surface area contributed by atoms with Crippen LogP contribution in [-0.4, -0.2) is 16.8 Å². The van der Waals surface area contributed by atoms with E-state index in [1.54, 1.807) is 12.1 Å². The van der Waals surface area contributed by atoms with Gasteiger partial charge >= 0.3 is 0 Å². The summed E-state index contributed by atoms with van der Waals surface area (Å²) < 4.78 is 54.3. The van der Waals surface area contributed by atoms with Crippen molar-refractivity contribution < 1.29 is 21.3 Å². The highest BCUT2D eigenvalue weighted by atomic mass is 32.2. The number of rotatable bonds is 5. The zero-order valence-corrected chi connectivity index (χ0v) is 11.8. The van der Waals surface area contributed by atoms with Gasteiger partial charge < -0.3 is 4.42 Å². The molecule has 0 saturated carbocycles. The van der Waals surface area contributed by atoms with Gasteiger partial charge in [-0.3, -0.25) is 0 Å². The van der Waals surface area contributed by atoms with Gasteiger partial charge in [0.05, 0.1) is 12.8 Å². The number of hydrogen-bond acceptors (Lipinski definition) is 5. The molecule has 0 spiro atoms. The molecule has 1 aromatic heterocycles. The third-order valence-corrected chi connectivity index (χ3v) is 5.02. The minimum absolute atomic E-state index is 0.0890. The predicted octanol–water partition coefficient (Wildman–Crippen LogP) is 0.405. The fourth-order valence-corrected chi connectivity index (χ4v) is 3.94. The van der Waals surface area contributed by atoms with Gasteiger partial charge in [0.1, 0.15) is 15.6 Å². The van der Waals surface area contributed by atoms with Crippen molar-refractivity contribution in [1.29, 1.82) is 0 Å². The first-order chi connectivity index (χ1) is 9.31. The van der Waals surface area contributed by atoms with E-state index in [0.29, 0.717) is 5.76 Å². The van der Waals surface area contributed by atoms with Crippen LogP contribution in [0, 0.1) is 0 Å². The minimum atomic E-state index is -4.13. The zero-order valence-electron chi connectivity index (χ0n) is 10.2. The van der Waals surface area contributed by atoms with Crippen molar-refractivity contribution in [1.82, 2.24) is 4.72 Å². The third-order valence-electron chi connectivity index (χ3n) is 2.46. The number of furan rings is 1. The summed E-state index contributed by atoms with van der Waals surface area (Å²) in [6, 6.07) is 8.32. The molecule has 0 aliphatic heterocycles. The van der Waals surface area contributed by atoms with Crippen LogP contribution in [0.15, 0.2) is 56.9 Å². The molecule has 0 radical (unpaired) electrons. The van der Waals surface area contributed by atoms with Crippen LogP contribution in [-0.2, 0) is 26.6 Å². The molecule has 0 aliphatic carbocycles. The summed E-state index contributed by atoms with van der Waals surface area (Å²) in [5.41, 5.74) is 0. The Balaban J connectivity index is 2.35. The average Bonchev–Trinajstić information content (AvgIpc) is 2.89. The van der Waals surface area contributed by atoms with Crippen LogP contribution in [0.5, 0.6) is 0 Å². The van der Waals surface area contributed by atoms with E-state index in [2.05, 4.69) is 4.72 Å². The molecule has 2 aromatic rings. The number of primary sulfonamides is 1. The highest BCUT2D eigenvalue weighted by Gasteiger charge is 2.23. The molecule has 3 N–H and O–H groups in total. The Kier molecular flexibility index (Phi) is 3.95. The van der Waals surface area contributed by atoms with E-state index >= 15 is 0 Å². The van der Waals surface area contributed by atoms with Crippen molar-refractivity contribution in [2.75, 3.05) is 0 Å². The quantitative estimate of drug-likeness (QED) is 0.827. The summed E-state index contributed by atoms with van der Waals surface area (Å²) in [5.74, 6) is 0.404. The first-order valence-electron chi connectivity index (χ1n) is 5.44. The van der Waals surface area contributed by atoms with Crippen LogP contribution >= 0.6 is 0 Å². The van der Waals surface area contributed by atoms with E-state index in [-0.39, 0.29) is 6.54 Å². The van der Waals surface area contributed by atoms with Crippen molar-refractivity contribution in [3.8, 4) is 0 Å². The van der Waals surface area contributed by atoms with Crippen LogP contribution in [0.1, 0.15) is 5.76 Å². The molecule has 0 aliphatic rings. The monoisotopic (exact) mass is 316 g/mol. The normalized spacial score (nSPS) is 12.4. The van der Waals surface area contributed by atoms with Crippen molar-refractivity contribution in [2.45, 2.75) is 16.3 Å². The summed E-state index contributed by atoms with van der Waals surface area (Å²) in [7, 11) is -8.15. The van der Waals surface area contributed by atoms with E-state index in [1.807, 2.05) is 0 Å². The lowest BCUT2D eigenvalue weighted by Crippen LogP contribution is -2.26. The maximum Gasteiger partial charge on any atom is 0.242 e. The standard InChI is InChI=1S/C11H12N2O5S2/c12-19(14,15)10-5-1-2-6-11(10)20(16,17)13-8-9-4-3-7-18-9/h1-7,13H,8H2,(H2,12,14,15). The molecule has 2 rings (SSSR count). The molecule has 1 heterocycles. The first-order valence-corrected chi connectivity index (χ1v) is 8.47. The largest absolute Gasteiger partial charge is 0.468 e. The number of sulfonamides is 2. The lowest BCUT2D eigenvalue weighted by molar-refractivity contribution is 0.498. The van der Waals surface area contributed by atoms with E-state index < -0.39 is 29.8 Å². The topological polar surface area (TPSA) is 119 Å². The molecule has 0 bridgehead atoms. The maximum atomic E-state index is 12.1. The molecular weight excluding hydrogens is 304 g/mol. The molecule has 1 aromatic carbocycles. The van der Waals surface area contributed by atoms with Gasteiger partial charge in [-0.25, -0.2) is 26.7 Å². The summed E-state index contributed by atoms with van der Waals surface area (Å²) in [6.45, 7) is -0.0890. The summed E-state index contributed by atoms with van der Waals surface area (Å²) in [5, 5.41) is 5.01. The smallest absolute Gasteiger partial charge is 0.242 e. The fourth-order valence-electron chi connectivity index (χ4n) is 1.56. The Bertz CT molecular complexity index is 795. The Morgan fingerprint density at radius 3 is 2.20 bits per heavy atom. The van der Waals surface area contributed by atoms with Crippen molar-refractivity contribution in [3.63, 3.8) is 0 Å². The first kappa shape index (κ1) is 14.7. The van der Waals surface area contributed by atoms with Gasteiger partial charge in [0.2, 0.25) is 20.0 Å². The second kappa shape index (κ2) is 5.37. The summed E-state index contributed by atoms with van der Waals surface area (Å²) in [6.07, 6.45) is 1.40. The highest BCUT2D eigenvalue weighted by molar-refractivity contribution is 7.92. The van der Waals surface area contributed by atoms with Gasteiger partial charge in [-0.05, 0) is 24.3 Å². The predicted molar refractivity (Wildman–Crippen MR) is 70.5 cm³/mol. The lowest BCUT2D eigenvalue weighted by atomic mass is 10.4. The van der Waals surface area contributed by atoms with E-state index in [9.17, 15) is 16.8 Å². The second-order valence-corrected chi connectivity index (χ2v) is 7.16. The van der Waals surface area contributed by atoms with Crippen LogP contribution in [0.3, 0.4) is 0 Å². The fraction of sp³-hybridized carbons (Fsp3) is 0.0909. The van der Waals surface area contributed by atoms with Gasteiger partial charge in [-0.1, -0.05) is 12.1 Å². The molecular formula is C11H12N2O5S2. The number of hydrogen-bond donors (Lipinski definition) is 2. The van der Waals surface area contributed by atoms with Crippen molar-refractivity contribution in [3.05, 3.63) is 48.4 Å². The molecule has 0 atom stereocenters. The Hall–Kier alpha value is -1.68. The third kappa shape index (κ3) is 3.25. The molecule has 0 fully saturated rings. The minimum Gasteiger partial charge on any atom is -0.468 e. The van der Waals surface area contributed by atoms with Gasteiger partial charge in [0, 0.05) is 0 Å². The Morgan fingerprint density at radius 2 is 1.65 bits per heavy atom. The highest BCUT2D eigenvalue weighted by Crippen LogP contribution is 2.19. The maximum absolute atomic E-state index is 12.1. The van der Waals surface area contributed by atoms with Crippen LogP contribution in [0.4, 0.5) is 0 Å². The second-order valence-electron chi connectivity index (χ2n) is 3.90. The summed E-state index contributed by atoms with van der Waals surface area (Å²) >= 11 is 0. The zero-order chi connectivity index (χ0) is 14.8. The Labute approximate surface area is 116 Å². The number of nitrogens with two attached hydrogens (primary N) is 1. The van der Waals surface area contributed by atoms with Crippen molar-refractivity contribution >= 4 is 20.0 Å². The number of nitrogens with one attached hydrogen (secondary N) is 1. The average molecular weight is 316 g/mol. The van der Waals surface area contributed by atoms with E-state index in [1.165, 1.54) is 24.5 Å². The van der Waals surface area contributed by atoms with Gasteiger partial charge in [-0.2, -0.15) is 0 Å². The Morgan fingerprint density at radius 1 is 1.00 bits per heavy atom.